The first kappa shape index (κ1) is 15.4. The summed E-state index contributed by atoms with van der Waals surface area (Å²) in [6.45, 7) is -7.89. The molecule has 0 radical (unpaired) electrons. The summed E-state index contributed by atoms with van der Waals surface area (Å²) < 4.78 is 279. The van der Waals surface area contributed by atoms with Gasteiger partial charge in [0.1, 0.15) is 11.2 Å². The number of rotatable bonds is 5. The van der Waals surface area contributed by atoms with Crippen molar-refractivity contribution in [3.8, 4) is 33.4 Å². The summed E-state index contributed by atoms with van der Waals surface area (Å²) in [6.07, 6.45) is 0. The molecule has 0 unspecified atom stereocenters. The van der Waals surface area contributed by atoms with E-state index in [0.717, 1.165) is 17.0 Å². The summed E-state index contributed by atoms with van der Waals surface area (Å²) in [4.78, 5) is 0.886. The van der Waals surface area contributed by atoms with Gasteiger partial charge in [0.15, 0.2) is 0 Å². The van der Waals surface area contributed by atoms with E-state index in [1.807, 2.05) is 0 Å². The molecule has 59 heavy (non-hydrogen) atoms. The average molecular weight is 784 g/mol. The molecule has 0 saturated heterocycles. The van der Waals surface area contributed by atoms with Crippen LogP contribution >= 0.6 is 0 Å². The Kier molecular flexibility index (Phi) is 3.34. The molecule has 0 saturated carbocycles. The van der Waals surface area contributed by atoms with E-state index in [1.165, 1.54) is 42.5 Å². The monoisotopic (exact) mass is 783 g/mol. The van der Waals surface area contributed by atoms with E-state index in [1.54, 1.807) is 0 Å². The third-order valence-corrected chi connectivity index (χ3v) is 10.6. The fraction of sp³-hybridized carbons (Fsp3) is 0.0526. The van der Waals surface area contributed by atoms with Gasteiger partial charge >= 0.3 is 0 Å². The van der Waals surface area contributed by atoms with Crippen molar-refractivity contribution in [2.24, 2.45) is 0 Å². The highest BCUT2D eigenvalue weighted by atomic mass is 16.3. The fourth-order valence-corrected chi connectivity index (χ4v) is 8.07. The van der Waals surface area contributed by atoms with Crippen LogP contribution in [0.3, 0.4) is 0 Å². The highest BCUT2D eigenvalue weighted by Gasteiger charge is 2.39. The molecule has 2 heteroatoms. The van der Waals surface area contributed by atoms with Gasteiger partial charge in [-0.2, -0.15) is 0 Å². The number of nitrogens with zero attached hydrogens (tertiary/aromatic N) is 1. The molecule has 0 fully saturated rings. The second-order valence-electron chi connectivity index (χ2n) is 13.7. The van der Waals surface area contributed by atoms with Gasteiger partial charge in [0.05, 0.1) is 44.3 Å². The molecule has 11 aromatic rings. The minimum Gasteiger partial charge on any atom is -0.456 e. The van der Waals surface area contributed by atoms with Crippen molar-refractivity contribution in [3.05, 3.63) is 211 Å². The number of anilines is 3. The number of para-hydroxylation sites is 1. The van der Waals surface area contributed by atoms with E-state index in [2.05, 4.69) is 0 Å². The molecular weight excluding hydrogens is 715 g/mol. The van der Waals surface area contributed by atoms with Crippen molar-refractivity contribution in [3.63, 3.8) is 0 Å². The summed E-state index contributed by atoms with van der Waals surface area (Å²) in [5, 5.41) is -2.22. The maximum atomic E-state index is 10.2. The summed E-state index contributed by atoms with van der Waals surface area (Å²) in [5.74, 6) is 0. The minimum atomic E-state index is -3.95. The molecule has 2 nitrogen and oxygen atoms in total. The zero-order chi connectivity index (χ0) is 65.1. The first-order valence-corrected chi connectivity index (χ1v) is 18.0. The molecule has 278 valence electrons. The number of hydrogen-bond acceptors (Lipinski definition) is 2. The lowest BCUT2D eigenvalue weighted by Crippen LogP contribution is -2.20. The van der Waals surface area contributed by atoms with Crippen molar-refractivity contribution in [2.75, 3.05) is 4.90 Å². The SMILES string of the molecule is [2H]c1cc2c(oc3c([2H])c([2H])cc(-c4c(-c5ccc(N(c6c([2H])c([2H])c([2H])c7c6C(C([2H])([2H])[2H])(C([2H])([2H])[2H])c6c([2H])c([2H])c([2H])c([2H])c6-7)c6c([2H])c7cc([2H])c([2H])c([2H])c7c7c([2H])c([2H])c([2H])cc67)cc5)cc([2H])c5c([2H])c([2H])c([2H])c([2H])c45)c32)c([2H])c1[2H]. The van der Waals surface area contributed by atoms with E-state index in [4.69, 9.17) is 25.0 Å². The Labute approximate surface area is 385 Å². The molecule has 0 N–H and O–H groups in total. The van der Waals surface area contributed by atoms with Crippen LogP contribution in [0.5, 0.6) is 0 Å². The molecule has 1 heterocycles. The predicted octanol–water partition coefficient (Wildman–Crippen LogP) is 16.2. The third-order valence-electron chi connectivity index (χ3n) is 10.6. The zero-order valence-corrected chi connectivity index (χ0v) is 30.1. The lowest BCUT2D eigenvalue weighted by atomic mass is 9.81. The third kappa shape index (κ3) is 5.00. The van der Waals surface area contributed by atoms with E-state index in [9.17, 15) is 20.6 Å². The Hall–Kier alpha value is -7.42. The maximum absolute atomic E-state index is 10.2. The Morgan fingerprint density at radius 2 is 1.20 bits per heavy atom. The van der Waals surface area contributed by atoms with Gasteiger partial charge in [0.25, 0.3) is 0 Å². The van der Waals surface area contributed by atoms with E-state index in [0.29, 0.717) is 0 Å². The predicted molar refractivity (Wildman–Crippen MR) is 249 cm³/mol. The lowest BCUT2D eigenvalue weighted by molar-refractivity contribution is 0.661. The van der Waals surface area contributed by atoms with Crippen molar-refractivity contribution in [1.82, 2.24) is 0 Å². The second-order valence-corrected chi connectivity index (χ2v) is 13.7. The molecule has 1 aliphatic rings. The first-order valence-electron chi connectivity index (χ1n) is 33.0. The molecule has 0 amide bonds. The fourth-order valence-electron chi connectivity index (χ4n) is 8.07. The van der Waals surface area contributed by atoms with Crippen LogP contribution in [0.25, 0.3) is 87.6 Å². The topological polar surface area (TPSA) is 16.4 Å². The summed E-state index contributed by atoms with van der Waals surface area (Å²) >= 11 is 0. The normalized spacial score (nSPS) is 20.7. The van der Waals surface area contributed by atoms with E-state index < -0.39 is 209 Å². The van der Waals surface area contributed by atoms with Gasteiger partial charge in [-0.1, -0.05) is 177 Å². The number of hydrogen-bond donors (Lipinski definition) is 0. The summed E-state index contributed by atoms with van der Waals surface area (Å²) in [6, 6.07) is -7.81. The second kappa shape index (κ2) is 12.8. The van der Waals surface area contributed by atoms with E-state index >= 15 is 0 Å². The molecule has 10 aromatic carbocycles. The van der Waals surface area contributed by atoms with Crippen molar-refractivity contribution in [2.45, 2.75) is 19.1 Å². The molecule has 0 atom stereocenters. The smallest absolute Gasteiger partial charge is 0.136 e. The van der Waals surface area contributed by atoms with Crippen LogP contribution in [0, 0.1) is 0 Å². The van der Waals surface area contributed by atoms with Crippen molar-refractivity contribution in [1.29, 1.82) is 0 Å². The van der Waals surface area contributed by atoms with Crippen molar-refractivity contribution >= 4 is 71.3 Å². The number of benzene rings is 10. The Bertz CT molecular complexity index is 5090. The first-order chi connectivity index (χ1) is 41.5. The van der Waals surface area contributed by atoms with Gasteiger partial charge in [-0.3, -0.25) is 0 Å². The van der Waals surface area contributed by atoms with Gasteiger partial charge in [-0.25, -0.2) is 0 Å². The lowest BCUT2D eigenvalue weighted by Gasteiger charge is -2.33. The minimum absolute atomic E-state index is 0.00562. The van der Waals surface area contributed by atoms with Gasteiger partial charge in [0.2, 0.25) is 0 Å². The van der Waals surface area contributed by atoms with Gasteiger partial charge in [-0.05, 0) is 108 Å². The molecule has 0 aliphatic heterocycles. The quantitative estimate of drug-likeness (QED) is 0.162. The van der Waals surface area contributed by atoms with Crippen LogP contribution in [0.2, 0.25) is 0 Å². The van der Waals surface area contributed by atoms with Crippen molar-refractivity contribution < 1.29 is 45.5 Å². The Morgan fingerprint density at radius 3 is 2.10 bits per heavy atom. The van der Waals surface area contributed by atoms with Crippen LogP contribution < -0.4 is 4.90 Å². The molecular formula is C57H39NO. The van der Waals surface area contributed by atoms with Crippen LogP contribution in [-0.4, -0.2) is 0 Å². The Morgan fingerprint density at radius 1 is 0.475 bits per heavy atom. The number of fused-ring (bicyclic) bond motifs is 10. The van der Waals surface area contributed by atoms with Crippen LogP contribution in [0.15, 0.2) is 204 Å². The highest BCUT2D eigenvalue weighted by molar-refractivity contribution is 6.18. The van der Waals surface area contributed by atoms with Crippen LogP contribution in [0.1, 0.15) is 66.0 Å². The zero-order valence-electron chi connectivity index (χ0n) is 60.1. The Balaban J connectivity index is 1.29. The highest BCUT2D eigenvalue weighted by Crippen LogP contribution is 2.55. The van der Waals surface area contributed by atoms with Gasteiger partial charge < -0.3 is 9.32 Å². The van der Waals surface area contributed by atoms with E-state index in [-0.39, 0.29) is 71.4 Å². The summed E-state index contributed by atoms with van der Waals surface area (Å²) in [7, 11) is 0. The molecule has 1 aliphatic carbocycles. The molecule has 12 rings (SSSR count). The molecule has 1 aromatic heterocycles. The van der Waals surface area contributed by atoms with Gasteiger partial charge in [-0.15, -0.1) is 0 Å². The number of furan rings is 1. The van der Waals surface area contributed by atoms with Crippen LogP contribution in [0.4, 0.5) is 17.1 Å². The van der Waals surface area contributed by atoms with Gasteiger partial charge in [0, 0.05) is 35.5 Å². The average Bonchev–Trinajstić information content (AvgIpc) is 1.53. The molecule has 0 spiro atoms. The largest absolute Gasteiger partial charge is 0.456 e. The summed E-state index contributed by atoms with van der Waals surface area (Å²) in [5.41, 5.74) is -10.2. The van der Waals surface area contributed by atoms with Crippen LogP contribution in [-0.2, 0) is 5.41 Å². The standard InChI is InChI=1S/C57H39NO/c1-57(2)49-25-11-9-20-44(49)46-23-13-26-50(56(46)57)58(51-35-38-16-4-5-17-40(38)43-19-7-8-21-45(43)51)39-32-29-37(30-33-39)42-34-31-36-15-3-6-18-41(36)54(42)48-24-14-28-53-55(48)47-22-10-12-27-52(47)59-53/h3-35H,1-2H3/i1D3,2D3,3D,4D,5D,6D,7D,8D,9D,10D,11D,12D,13D,14D,15D,17D,18D,19D,20D,23D,25D,26D,27D,28D,31D,35D. The maximum Gasteiger partial charge on any atom is 0.136 e. The molecule has 0 bridgehead atoms.